The molecule has 1 atom stereocenters. The number of carbonyl (C=O) groups is 1. The Morgan fingerprint density at radius 2 is 1.75 bits per heavy atom. The minimum atomic E-state index is -0.653. The number of hydrogen-bond acceptors (Lipinski definition) is 7. The van der Waals surface area contributed by atoms with Crippen molar-refractivity contribution in [3.8, 4) is 5.75 Å². The van der Waals surface area contributed by atoms with Gasteiger partial charge in [0.2, 0.25) is 0 Å². The predicted octanol–water partition coefficient (Wildman–Crippen LogP) is 5.85. The third-order valence-corrected chi connectivity index (χ3v) is 8.31. The molecular weight excluding hydrogens is 540 g/mol. The highest BCUT2D eigenvalue weighted by Gasteiger charge is 2.33. The lowest BCUT2D eigenvalue weighted by Crippen LogP contribution is -2.40. The van der Waals surface area contributed by atoms with E-state index in [1.165, 1.54) is 11.3 Å². The molecule has 0 bridgehead atoms. The molecule has 0 spiro atoms. The van der Waals surface area contributed by atoms with Gasteiger partial charge in [0.15, 0.2) is 4.80 Å². The van der Waals surface area contributed by atoms with Gasteiger partial charge in [-0.05, 0) is 81.5 Å². The summed E-state index contributed by atoms with van der Waals surface area (Å²) in [4.78, 5) is 33.9. The maximum atomic E-state index is 14.2. The zero-order valence-electron chi connectivity index (χ0n) is 23.4. The topological polar surface area (TPSA) is 69.9 Å². The van der Waals surface area contributed by atoms with Crippen LogP contribution >= 0.6 is 23.1 Å². The molecule has 0 aliphatic carbocycles. The lowest BCUT2D eigenvalue weighted by atomic mass is 9.96. The number of nitrogens with zero attached hydrogens (tertiary/aromatic N) is 2. The van der Waals surface area contributed by atoms with E-state index in [0.717, 1.165) is 26.8 Å². The van der Waals surface area contributed by atoms with Gasteiger partial charge in [-0.3, -0.25) is 9.36 Å². The Balaban J connectivity index is 1.76. The summed E-state index contributed by atoms with van der Waals surface area (Å²) in [6.07, 6.45) is 3.57. The van der Waals surface area contributed by atoms with Crippen molar-refractivity contribution in [2.45, 2.75) is 57.8 Å². The van der Waals surface area contributed by atoms with Crippen LogP contribution in [0.3, 0.4) is 0 Å². The van der Waals surface area contributed by atoms with Crippen molar-refractivity contribution in [3.05, 3.63) is 103 Å². The van der Waals surface area contributed by atoms with Gasteiger partial charge >= 0.3 is 5.97 Å². The van der Waals surface area contributed by atoms with Crippen molar-refractivity contribution in [2.75, 3.05) is 6.26 Å². The third kappa shape index (κ3) is 5.38. The summed E-state index contributed by atoms with van der Waals surface area (Å²) >= 11 is 2.95. The molecule has 1 aromatic heterocycles. The predicted molar refractivity (Wildman–Crippen MR) is 163 cm³/mol. The Morgan fingerprint density at radius 3 is 2.42 bits per heavy atom. The lowest BCUT2D eigenvalue weighted by Gasteiger charge is -2.25. The average Bonchev–Trinajstić information content (AvgIpc) is 3.22. The average molecular weight is 573 g/mol. The van der Waals surface area contributed by atoms with Crippen molar-refractivity contribution < 1.29 is 14.3 Å². The van der Waals surface area contributed by atoms with Gasteiger partial charge in [0.25, 0.3) is 5.56 Å². The number of thiazole rings is 1. The number of hydrogen-bond donors (Lipinski definition) is 0. The molecule has 0 saturated carbocycles. The number of benzene rings is 3. The molecule has 0 saturated heterocycles. The molecule has 8 heteroatoms. The molecule has 6 nitrogen and oxygen atoms in total. The monoisotopic (exact) mass is 572 g/mol. The first kappa shape index (κ1) is 27.9. The maximum Gasteiger partial charge on any atom is 0.338 e. The van der Waals surface area contributed by atoms with E-state index < -0.39 is 12.0 Å². The van der Waals surface area contributed by atoms with Crippen LogP contribution in [0, 0.1) is 0 Å². The normalized spacial score (nSPS) is 15.5. The van der Waals surface area contributed by atoms with Crippen molar-refractivity contribution in [1.29, 1.82) is 0 Å². The molecule has 0 radical (unpaired) electrons. The van der Waals surface area contributed by atoms with Crippen molar-refractivity contribution in [3.63, 3.8) is 0 Å². The van der Waals surface area contributed by atoms with Crippen LogP contribution in [0.2, 0.25) is 0 Å². The second kappa shape index (κ2) is 11.5. The van der Waals surface area contributed by atoms with Gasteiger partial charge in [-0.15, -0.1) is 11.8 Å². The number of esters is 1. The van der Waals surface area contributed by atoms with Crippen LogP contribution in [0.1, 0.15) is 51.8 Å². The zero-order valence-corrected chi connectivity index (χ0v) is 25.1. The van der Waals surface area contributed by atoms with E-state index in [1.54, 1.807) is 23.3 Å². The molecule has 0 unspecified atom stereocenters. The van der Waals surface area contributed by atoms with Crippen LogP contribution < -0.4 is 19.6 Å². The summed E-state index contributed by atoms with van der Waals surface area (Å²) in [6.45, 7) is 9.39. The zero-order chi connectivity index (χ0) is 28.6. The van der Waals surface area contributed by atoms with Gasteiger partial charge in [0.05, 0.1) is 34.1 Å². The van der Waals surface area contributed by atoms with Gasteiger partial charge in [-0.2, -0.15) is 0 Å². The highest BCUT2D eigenvalue weighted by molar-refractivity contribution is 7.98. The van der Waals surface area contributed by atoms with Crippen molar-refractivity contribution in [2.24, 2.45) is 4.99 Å². The summed E-state index contributed by atoms with van der Waals surface area (Å²) in [5.74, 6) is 0.243. The van der Waals surface area contributed by atoms with Gasteiger partial charge in [-0.25, -0.2) is 9.79 Å². The van der Waals surface area contributed by atoms with Crippen LogP contribution in [0.4, 0.5) is 0 Å². The molecule has 40 heavy (non-hydrogen) atoms. The van der Waals surface area contributed by atoms with Crippen LogP contribution in [-0.2, 0) is 9.53 Å². The maximum absolute atomic E-state index is 14.2. The number of allylic oxidation sites excluding steroid dienone is 1. The minimum absolute atomic E-state index is 0.0315. The highest BCUT2D eigenvalue weighted by Crippen LogP contribution is 2.33. The number of thioether (sulfide) groups is 1. The molecule has 2 heterocycles. The largest absolute Gasteiger partial charge is 0.490 e. The summed E-state index contributed by atoms with van der Waals surface area (Å²) in [6, 6.07) is 19.3. The van der Waals surface area contributed by atoms with Gasteiger partial charge < -0.3 is 9.47 Å². The Hall–Kier alpha value is -3.62. The van der Waals surface area contributed by atoms with Crippen LogP contribution in [0.15, 0.2) is 86.6 Å². The van der Waals surface area contributed by atoms with Crippen molar-refractivity contribution in [1.82, 2.24) is 4.57 Å². The molecule has 1 aliphatic rings. The van der Waals surface area contributed by atoms with E-state index in [0.29, 0.717) is 26.4 Å². The fraction of sp³-hybridized carbons (Fsp3) is 0.281. The smallest absolute Gasteiger partial charge is 0.338 e. The van der Waals surface area contributed by atoms with E-state index in [9.17, 15) is 9.59 Å². The number of rotatable bonds is 7. The SMILES string of the molecule is CSc1ccc([C@H]2C(C(=O)OC(C)C)=C(C)N=c3s/c(=C\c4c(OC(C)C)ccc5ccccc45)c(=O)n32)cc1. The molecule has 206 valence electrons. The van der Waals surface area contributed by atoms with Crippen LogP contribution in [0.5, 0.6) is 5.75 Å². The minimum Gasteiger partial charge on any atom is -0.490 e. The van der Waals surface area contributed by atoms with Crippen LogP contribution in [0.25, 0.3) is 16.8 Å². The Bertz CT molecular complexity index is 1800. The van der Waals surface area contributed by atoms with Gasteiger partial charge in [-0.1, -0.05) is 53.8 Å². The second-order valence-corrected chi connectivity index (χ2v) is 12.1. The Morgan fingerprint density at radius 1 is 1.02 bits per heavy atom. The van der Waals surface area contributed by atoms with E-state index in [2.05, 4.69) is 0 Å². The van der Waals surface area contributed by atoms with E-state index >= 15 is 0 Å². The molecule has 0 N–H and O–H groups in total. The summed E-state index contributed by atoms with van der Waals surface area (Å²) in [5.41, 5.74) is 2.37. The molecule has 5 rings (SSSR count). The van der Waals surface area contributed by atoms with Gasteiger partial charge in [0.1, 0.15) is 5.75 Å². The number of carbonyl (C=O) groups excluding carboxylic acids is 1. The van der Waals surface area contributed by atoms with Crippen molar-refractivity contribution >= 4 is 45.9 Å². The lowest BCUT2D eigenvalue weighted by molar-refractivity contribution is -0.143. The fourth-order valence-electron chi connectivity index (χ4n) is 4.87. The first-order chi connectivity index (χ1) is 19.2. The Kier molecular flexibility index (Phi) is 8.01. The summed E-state index contributed by atoms with van der Waals surface area (Å²) < 4.78 is 13.9. The third-order valence-electron chi connectivity index (χ3n) is 6.58. The second-order valence-electron chi connectivity index (χ2n) is 10.2. The van der Waals surface area contributed by atoms with Crippen LogP contribution in [-0.4, -0.2) is 29.0 Å². The number of ether oxygens (including phenoxy) is 2. The van der Waals surface area contributed by atoms with Gasteiger partial charge in [0, 0.05) is 10.5 Å². The molecule has 0 amide bonds. The molecular formula is C32H32N2O4S2. The molecule has 3 aromatic carbocycles. The molecule has 1 aliphatic heterocycles. The number of aromatic nitrogens is 1. The van der Waals surface area contributed by atoms with E-state index in [1.807, 2.05) is 101 Å². The first-order valence-corrected chi connectivity index (χ1v) is 15.3. The standard InChI is InChI=1S/C32H32N2O4S2/c1-18(2)37-26-16-13-21-9-7-8-10-24(21)25(26)17-27-30(35)34-29(22-11-14-23(39-6)15-12-22)28(31(36)38-19(3)4)20(5)33-32(34)40-27/h7-19,29H,1-6H3/b27-17-/t29-/m0/s1. The molecule has 4 aromatic rings. The van der Waals surface area contributed by atoms with E-state index in [4.69, 9.17) is 14.5 Å². The summed E-state index contributed by atoms with van der Waals surface area (Å²) in [5, 5.41) is 2.05. The van der Waals surface area contributed by atoms with E-state index in [-0.39, 0.29) is 17.8 Å². The Labute approximate surface area is 241 Å². The number of fused-ring (bicyclic) bond motifs is 2. The summed E-state index contributed by atoms with van der Waals surface area (Å²) in [7, 11) is 0. The highest BCUT2D eigenvalue weighted by atomic mass is 32.2. The molecule has 0 fully saturated rings. The quantitative estimate of drug-likeness (QED) is 0.205. The fourth-order valence-corrected chi connectivity index (χ4v) is 6.31. The first-order valence-electron chi connectivity index (χ1n) is 13.2.